The lowest BCUT2D eigenvalue weighted by molar-refractivity contribution is -0.277. The van der Waals surface area contributed by atoms with Crippen LogP contribution in [0.1, 0.15) is 135 Å². The zero-order valence-electron chi connectivity index (χ0n) is 26.5. The van der Waals surface area contributed by atoms with Crippen molar-refractivity contribution in [2.75, 3.05) is 0 Å². The van der Waals surface area contributed by atoms with Gasteiger partial charge in [-0.1, -0.05) is 50.5 Å². The van der Waals surface area contributed by atoms with Crippen LogP contribution in [-0.4, -0.2) is 44.5 Å². The predicted molar refractivity (Wildman–Crippen MR) is 159 cm³/mol. The Morgan fingerprint density at radius 2 is 1.50 bits per heavy atom. The highest BCUT2D eigenvalue weighted by Crippen LogP contribution is 2.37. The van der Waals surface area contributed by atoms with Gasteiger partial charge in [0.1, 0.15) is 0 Å². The van der Waals surface area contributed by atoms with Crippen LogP contribution in [-0.2, 0) is 4.84 Å². The average Bonchev–Trinajstić information content (AvgIpc) is 2.79. The van der Waals surface area contributed by atoms with Crippen molar-refractivity contribution in [2.24, 2.45) is 0 Å². The highest BCUT2D eigenvalue weighted by molar-refractivity contribution is 5.34. The Labute approximate surface area is 225 Å². The first-order valence-corrected chi connectivity index (χ1v) is 14.2. The lowest BCUT2D eigenvalue weighted by atomic mass is 9.94. The number of allylic oxidation sites excluding steroid dienone is 3. The van der Waals surface area contributed by atoms with Gasteiger partial charge in [-0.3, -0.25) is 4.84 Å². The number of aliphatic hydroxyl groups is 1. The number of rotatable bonds is 9. The van der Waals surface area contributed by atoms with E-state index in [0.29, 0.717) is 0 Å². The maximum absolute atomic E-state index is 9.93. The average molecular weight is 507 g/mol. The number of aliphatic hydroxyl groups excluding tert-OH is 1. The van der Waals surface area contributed by atoms with E-state index >= 15 is 0 Å². The Balaban J connectivity index is 0.000000935. The van der Waals surface area contributed by atoms with Gasteiger partial charge in [0.15, 0.2) is 0 Å². The van der Waals surface area contributed by atoms with Crippen molar-refractivity contribution in [3.8, 4) is 0 Å². The third-order valence-electron chi connectivity index (χ3n) is 6.66. The predicted octanol–water partition coefficient (Wildman–Crippen LogP) is 8.52. The third kappa shape index (κ3) is 13.6. The monoisotopic (exact) mass is 506 g/mol. The maximum Gasteiger partial charge on any atom is 0.0949 e. The fourth-order valence-electron chi connectivity index (χ4n) is 5.48. The molecule has 1 fully saturated rings. The molecule has 0 aromatic carbocycles. The molecule has 1 heterocycles. The van der Waals surface area contributed by atoms with Crippen molar-refractivity contribution in [3.05, 3.63) is 35.5 Å². The molecule has 0 bridgehead atoms. The molecule has 212 valence electrons. The van der Waals surface area contributed by atoms with Crippen LogP contribution >= 0.6 is 0 Å². The Bertz CT molecular complexity index is 703. The minimum Gasteiger partial charge on any atom is -0.389 e. The van der Waals surface area contributed by atoms with Crippen LogP contribution in [0.4, 0.5) is 0 Å². The number of nitrogens with zero attached hydrogens (tertiary/aromatic N) is 1. The molecule has 4 nitrogen and oxygen atoms in total. The third-order valence-corrected chi connectivity index (χ3v) is 6.66. The molecule has 1 rings (SSSR count). The number of nitrogens with one attached hydrogen (secondary N) is 1. The summed E-state index contributed by atoms with van der Waals surface area (Å²) in [4.78, 5) is 6.40. The zero-order chi connectivity index (χ0) is 28.4. The van der Waals surface area contributed by atoms with Crippen molar-refractivity contribution in [1.29, 1.82) is 0 Å². The molecule has 0 saturated carbocycles. The molecule has 0 aromatic heterocycles. The molecule has 1 aliphatic heterocycles. The summed E-state index contributed by atoms with van der Waals surface area (Å²) < 4.78 is 0. The summed E-state index contributed by atoms with van der Waals surface area (Å²) in [5.74, 6) is 0. The van der Waals surface area contributed by atoms with Crippen LogP contribution in [0.2, 0.25) is 0 Å². The van der Waals surface area contributed by atoms with Gasteiger partial charge in [-0.2, -0.15) is 5.06 Å². The normalized spacial score (nSPS) is 21.5. The summed E-state index contributed by atoms with van der Waals surface area (Å²) in [6.07, 6.45) is 14.9. The van der Waals surface area contributed by atoms with Crippen molar-refractivity contribution in [1.82, 2.24) is 10.4 Å². The molecule has 4 heteroatoms. The first kappa shape index (κ1) is 35.1. The van der Waals surface area contributed by atoms with E-state index in [4.69, 9.17) is 4.84 Å². The second-order valence-electron chi connectivity index (χ2n) is 13.6. The van der Waals surface area contributed by atoms with Crippen LogP contribution in [0, 0.1) is 0 Å². The molecule has 0 amide bonds. The molecule has 2 atom stereocenters. The van der Waals surface area contributed by atoms with Crippen molar-refractivity contribution in [3.63, 3.8) is 0 Å². The van der Waals surface area contributed by atoms with Gasteiger partial charge >= 0.3 is 0 Å². The second kappa shape index (κ2) is 14.9. The van der Waals surface area contributed by atoms with Gasteiger partial charge in [0.05, 0.1) is 12.2 Å². The molecule has 0 aromatic rings. The van der Waals surface area contributed by atoms with Crippen molar-refractivity contribution >= 4 is 0 Å². The summed E-state index contributed by atoms with van der Waals surface area (Å²) in [5.41, 5.74) is 2.59. The highest BCUT2D eigenvalue weighted by atomic mass is 16.7. The summed E-state index contributed by atoms with van der Waals surface area (Å²) >= 11 is 0. The zero-order valence-corrected chi connectivity index (χ0v) is 26.5. The van der Waals surface area contributed by atoms with E-state index in [1.165, 1.54) is 25.7 Å². The molecular formula is C32H62N2O2. The summed E-state index contributed by atoms with van der Waals surface area (Å²) in [6.45, 7) is 30.4. The van der Waals surface area contributed by atoms with Gasteiger partial charge in [0.25, 0.3) is 0 Å². The minimum atomic E-state index is -0.472. The number of hydrogen-bond donors (Lipinski definition) is 2. The van der Waals surface area contributed by atoms with Gasteiger partial charge in [0, 0.05) is 22.2 Å². The van der Waals surface area contributed by atoms with E-state index in [1.807, 2.05) is 26.0 Å². The van der Waals surface area contributed by atoms with Crippen LogP contribution < -0.4 is 5.32 Å². The van der Waals surface area contributed by atoms with Crippen LogP contribution in [0.3, 0.4) is 0 Å². The van der Waals surface area contributed by atoms with E-state index in [1.54, 1.807) is 6.92 Å². The molecule has 1 saturated heterocycles. The van der Waals surface area contributed by atoms with Gasteiger partial charge in [-0.15, -0.1) is 0 Å². The molecule has 0 radical (unpaired) electrons. The standard InChI is InChI=1S/C22H39NO2.C10H23N/c1-9-12-20(19(4)24)17(2)13-14-18(3)25-23-21(5,6)15-10-11-16-22(23,7)8;1-7-8-10(5,6)11-9(2,3)4/h9,12-14,18-19,24H,10-11,15-16H2,1-8H3;11H,7-8H2,1-6H3/b12-9-,14-13+,20-17+;. The Morgan fingerprint density at radius 1 is 1.00 bits per heavy atom. The Hall–Kier alpha value is -0.940. The summed E-state index contributed by atoms with van der Waals surface area (Å²) in [6, 6.07) is 0. The molecule has 36 heavy (non-hydrogen) atoms. The van der Waals surface area contributed by atoms with E-state index in [9.17, 15) is 5.11 Å². The van der Waals surface area contributed by atoms with E-state index < -0.39 is 6.10 Å². The van der Waals surface area contributed by atoms with E-state index in [2.05, 4.69) is 98.7 Å². The largest absolute Gasteiger partial charge is 0.389 e. The number of hydroxylamine groups is 2. The molecular weight excluding hydrogens is 444 g/mol. The van der Waals surface area contributed by atoms with Crippen molar-refractivity contribution in [2.45, 2.75) is 170 Å². The van der Waals surface area contributed by atoms with Crippen LogP contribution in [0.25, 0.3) is 0 Å². The first-order chi connectivity index (χ1) is 16.3. The molecule has 0 spiro atoms. The van der Waals surface area contributed by atoms with Crippen LogP contribution in [0.15, 0.2) is 35.5 Å². The van der Waals surface area contributed by atoms with Crippen molar-refractivity contribution < 1.29 is 9.94 Å². The lowest BCUT2D eigenvalue weighted by Crippen LogP contribution is -2.55. The molecule has 1 aliphatic rings. The second-order valence-corrected chi connectivity index (χ2v) is 13.6. The minimum absolute atomic E-state index is 0.0209. The molecule has 0 aliphatic carbocycles. The first-order valence-electron chi connectivity index (χ1n) is 14.2. The smallest absolute Gasteiger partial charge is 0.0949 e. The topological polar surface area (TPSA) is 44.7 Å². The summed E-state index contributed by atoms with van der Waals surface area (Å²) in [7, 11) is 0. The van der Waals surface area contributed by atoms with Gasteiger partial charge in [-0.05, 0) is 120 Å². The van der Waals surface area contributed by atoms with Crippen LogP contribution in [0.5, 0.6) is 0 Å². The lowest BCUT2D eigenvalue weighted by Gasteiger charge is -2.46. The quantitative estimate of drug-likeness (QED) is 0.308. The summed E-state index contributed by atoms with van der Waals surface area (Å²) in [5, 5.41) is 15.7. The fraction of sp³-hybridized carbons (Fsp3) is 0.812. The van der Waals surface area contributed by atoms with E-state index in [0.717, 1.165) is 24.0 Å². The van der Waals surface area contributed by atoms with Gasteiger partial charge in [0.2, 0.25) is 0 Å². The van der Waals surface area contributed by atoms with Gasteiger partial charge < -0.3 is 10.4 Å². The Kier molecular flexibility index (Phi) is 14.5. The van der Waals surface area contributed by atoms with Gasteiger partial charge in [-0.25, -0.2) is 0 Å². The Morgan fingerprint density at radius 3 is 1.89 bits per heavy atom. The molecule has 2 unspecified atom stereocenters. The fourth-order valence-corrected chi connectivity index (χ4v) is 5.48. The SMILES string of the molecule is CCCC(C)(C)NC(C)(C)C.C\C=C/C(=C(C)\C=C\C(C)ON1C(C)(C)CCCCC1(C)C)C(C)O. The maximum atomic E-state index is 9.93. The number of hydrogen-bond acceptors (Lipinski definition) is 4. The van der Waals surface area contributed by atoms with E-state index in [-0.39, 0.29) is 28.3 Å². The molecule has 2 N–H and O–H groups in total. The highest BCUT2D eigenvalue weighted by Gasteiger charge is 2.41.